The number of carbonyl (C=O) groups excluding carboxylic acids is 1. The number of hydrogen-bond donors (Lipinski definition) is 2. The summed E-state index contributed by atoms with van der Waals surface area (Å²) >= 11 is 0. The van der Waals surface area contributed by atoms with E-state index in [9.17, 15) is 4.79 Å². The molecule has 0 aromatic heterocycles. The highest BCUT2D eigenvalue weighted by Gasteiger charge is 2.23. The molecule has 0 aromatic rings. The predicted molar refractivity (Wildman–Crippen MR) is 66.4 cm³/mol. The van der Waals surface area contributed by atoms with Crippen molar-refractivity contribution in [1.82, 2.24) is 15.5 Å². The SMILES string of the molecule is CNC(=O)C(C)NC1CCN(C(C)C)CC1. The summed E-state index contributed by atoms with van der Waals surface area (Å²) in [4.78, 5) is 13.9. The van der Waals surface area contributed by atoms with Gasteiger partial charge in [0.2, 0.25) is 5.91 Å². The molecule has 1 aliphatic rings. The Bertz CT molecular complexity index is 222. The Balaban J connectivity index is 2.29. The maximum Gasteiger partial charge on any atom is 0.236 e. The van der Waals surface area contributed by atoms with Crippen LogP contribution in [0.1, 0.15) is 33.6 Å². The van der Waals surface area contributed by atoms with E-state index in [1.54, 1.807) is 7.05 Å². The fourth-order valence-electron chi connectivity index (χ4n) is 2.23. The minimum Gasteiger partial charge on any atom is -0.358 e. The molecule has 94 valence electrons. The summed E-state index contributed by atoms with van der Waals surface area (Å²) in [6, 6.07) is 1.04. The van der Waals surface area contributed by atoms with Gasteiger partial charge in [-0.25, -0.2) is 0 Å². The summed E-state index contributed by atoms with van der Waals surface area (Å²) in [6.45, 7) is 8.67. The van der Waals surface area contributed by atoms with Crippen LogP contribution in [0.15, 0.2) is 0 Å². The Morgan fingerprint density at radius 1 is 1.25 bits per heavy atom. The number of nitrogens with one attached hydrogen (secondary N) is 2. The molecule has 0 saturated carbocycles. The van der Waals surface area contributed by atoms with Crippen molar-refractivity contribution in [3.63, 3.8) is 0 Å². The standard InChI is InChI=1S/C12H25N3O/c1-9(2)15-7-5-11(6-8-15)14-10(3)12(16)13-4/h9-11,14H,5-8H2,1-4H3,(H,13,16). The van der Waals surface area contributed by atoms with Crippen molar-refractivity contribution in [2.75, 3.05) is 20.1 Å². The summed E-state index contributed by atoms with van der Waals surface area (Å²) in [5.41, 5.74) is 0. The van der Waals surface area contributed by atoms with Crippen LogP contribution >= 0.6 is 0 Å². The normalized spacial score (nSPS) is 21.1. The molecule has 1 atom stereocenters. The predicted octanol–water partition coefficient (Wildman–Crippen LogP) is 0.583. The second-order valence-corrected chi connectivity index (χ2v) is 4.91. The fraction of sp³-hybridized carbons (Fsp3) is 0.917. The van der Waals surface area contributed by atoms with E-state index in [1.807, 2.05) is 6.92 Å². The van der Waals surface area contributed by atoms with Gasteiger partial charge in [-0.2, -0.15) is 0 Å². The molecule has 4 nitrogen and oxygen atoms in total. The zero-order chi connectivity index (χ0) is 12.1. The molecule has 1 amide bonds. The smallest absolute Gasteiger partial charge is 0.236 e. The van der Waals surface area contributed by atoms with Gasteiger partial charge in [0.25, 0.3) is 0 Å². The largest absolute Gasteiger partial charge is 0.358 e. The second kappa shape index (κ2) is 6.21. The molecule has 1 aliphatic heterocycles. The van der Waals surface area contributed by atoms with Gasteiger partial charge in [0.05, 0.1) is 6.04 Å². The molecule has 1 rings (SSSR count). The van der Waals surface area contributed by atoms with Crippen LogP contribution in [0.2, 0.25) is 0 Å². The quantitative estimate of drug-likeness (QED) is 0.738. The van der Waals surface area contributed by atoms with Gasteiger partial charge in [-0.3, -0.25) is 4.79 Å². The van der Waals surface area contributed by atoms with Gasteiger partial charge < -0.3 is 15.5 Å². The van der Waals surface area contributed by atoms with E-state index in [0.29, 0.717) is 12.1 Å². The summed E-state index contributed by atoms with van der Waals surface area (Å²) in [5.74, 6) is 0.0753. The molecule has 0 radical (unpaired) electrons. The minimum absolute atomic E-state index is 0.0753. The Kier molecular flexibility index (Phi) is 5.22. The van der Waals surface area contributed by atoms with Crippen LogP contribution in [0.3, 0.4) is 0 Å². The molecule has 1 saturated heterocycles. The third-order valence-corrected chi connectivity index (χ3v) is 3.39. The van der Waals surface area contributed by atoms with Gasteiger partial charge in [-0.05, 0) is 46.7 Å². The lowest BCUT2D eigenvalue weighted by Gasteiger charge is -2.35. The van der Waals surface area contributed by atoms with Crippen LogP contribution < -0.4 is 10.6 Å². The number of hydrogen-bond acceptors (Lipinski definition) is 3. The Hall–Kier alpha value is -0.610. The monoisotopic (exact) mass is 227 g/mol. The third kappa shape index (κ3) is 3.76. The van der Waals surface area contributed by atoms with E-state index in [2.05, 4.69) is 29.4 Å². The van der Waals surface area contributed by atoms with Crippen LogP contribution in [0.25, 0.3) is 0 Å². The molecule has 1 unspecified atom stereocenters. The zero-order valence-corrected chi connectivity index (χ0v) is 10.9. The average molecular weight is 227 g/mol. The number of likely N-dealkylation sites (tertiary alicyclic amines) is 1. The molecule has 16 heavy (non-hydrogen) atoms. The van der Waals surface area contributed by atoms with Crippen molar-refractivity contribution in [2.24, 2.45) is 0 Å². The van der Waals surface area contributed by atoms with E-state index in [4.69, 9.17) is 0 Å². The van der Waals surface area contributed by atoms with Crippen molar-refractivity contribution >= 4 is 5.91 Å². The molecule has 0 bridgehead atoms. The second-order valence-electron chi connectivity index (χ2n) is 4.91. The van der Waals surface area contributed by atoms with E-state index in [1.165, 1.54) is 0 Å². The number of likely N-dealkylation sites (N-methyl/N-ethyl adjacent to an activating group) is 1. The molecular weight excluding hydrogens is 202 g/mol. The lowest BCUT2D eigenvalue weighted by Crippen LogP contribution is -2.50. The van der Waals surface area contributed by atoms with Gasteiger partial charge in [0.1, 0.15) is 0 Å². The van der Waals surface area contributed by atoms with E-state index < -0.39 is 0 Å². The molecular formula is C12H25N3O. The first-order chi connectivity index (χ1) is 7.54. The molecule has 1 heterocycles. The lowest BCUT2D eigenvalue weighted by atomic mass is 10.0. The first kappa shape index (κ1) is 13.5. The number of amides is 1. The lowest BCUT2D eigenvalue weighted by molar-refractivity contribution is -0.122. The maximum atomic E-state index is 11.4. The van der Waals surface area contributed by atoms with E-state index >= 15 is 0 Å². The number of piperidine rings is 1. The molecule has 2 N–H and O–H groups in total. The Morgan fingerprint density at radius 2 is 1.81 bits per heavy atom. The highest BCUT2D eigenvalue weighted by Crippen LogP contribution is 2.13. The third-order valence-electron chi connectivity index (χ3n) is 3.39. The summed E-state index contributed by atoms with van der Waals surface area (Å²) < 4.78 is 0. The van der Waals surface area contributed by atoms with Crippen LogP contribution in [0.5, 0.6) is 0 Å². The van der Waals surface area contributed by atoms with Crippen LogP contribution in [-0.4, -0.2) is 49.1 Å². The van der Waals surface area contributed by atoms with Gasteiger partial charge in [-0.15, -0.1) is 0 Å². The average Bonchev–Trinajstić information content (AvgIpc) is 2.28. The van der Waals surface area contributed by atoms with Gasteiger partial charge in [0, 0.05) is 19.1 Å². The van der Waals surface area contributed by atoms with Gasteiger partial charge >= 0.3 is 0 Å². The molecule has 4 heteroatoms. The van der Waals surface area contributed by atoms with Crippen LogP contribution in [0, 0.1) is 0 Å². The van der Waals surface area contributed by atoms with Crippen molar-refractivity contribution in [3.05, 3.63) is 0 Å². The van der Waals surface area contributed by atoms with Gasteiger partial charge in [-0.1, -0.05) is 0 Å². The molecule has 0 aromatic carbocycles. The summed E-state index contributed by atoms with van der Waals surface area (Å²) in [7, 11) is 1.68. The first-order valence-corrected chi connectivity index (χ1v) is 6.26. The minimum atomic E-state index is -0.0828. The maximum absolute atomic E-state index is 11.4. The highest BCUT2D eigenvalue weighted by molar-refractivity contribution is 5.80. The van der Waals surface area contributed by atoms with Crippen LogP contribution in [0.4, 0.5) is 0 Å². The Labute approximate surface area is 98.8 Å². The van der Waals surface area contributed by atoms with E-state index in [-0.39, 0.29) is 11.9 Å². The van der Waals surface area contributed by atoms with E-state index in [0.717, 1.165) is 25.9 Å². The number of nitrogens with zero attached hydrogens (tertiary/aromatic N) is 1. The molecule has 0 aliphatic carbocycles. The van der Waals surface area contributed by atoms with Crippen molar-refractivity contribution < 1.29 is 4.79 Å². The van der Waals surface area contributed by atoms with Crippen molar-refractivity contribution in [1.29, 1.82) is 0 Å². The first-order valence-electron chi connectivity index (χ1n) is 6.26. The highest BCUT2D eigenvalue weighted by atomic mass is 16.2. The Morgan fingerprint density at radius 3 is 2.25 bits per heavy atom. The van der Waals surface area contributed by atoms with Crippen molar-refractivity contribution in [2.45, 2.75) is 51.7 Å². The number of carbonyl (C=O) groups is 1. The molecule has 1 fully saturated rings. The van der Waals surface area contributed by atoms with Gasteiger partial charge in [0.15, 0.2) is 0 Å². The van der Waals surface area contributed by atoms with Crippen LogP contribution in [-0.2, 0) is 4.79 Å². The summed E-state index contributed by atoms with van der Waals surface area (Å²) in [6.07, 6.45) is 2.28. The topological polar surface area (TPSA) is 44.4 Å². The van der Waals surface area contributed by atoms with Crippen molar-refractivity contribution in [3.8, 4) is 0 Å². The number of rotatable bonds is 4. The zero-order valence-electron chi connectivity index (χ0n) is 10.9. The fourth-order valence-corrected chi connectivity index (χ4v) is 2.23. The molecule has 0 spiro atoms. The summed E-state index contributed by atoms with van der Waals surface area (Å²) in [5, 5.41) is 6.06.